The van der Waals surface area contributed by atoms with E-state index >= 15 is 0 Å². The lowest BCUT2D eigenvalue weighted by Crippen LogP contribution is -2.19. The van der Waals surface area contributed by atoms with Crippen LogP contribution in [0.4, 0.5) is 11.4 Å². The van der Waals surface area contributed by atoms with Gasteiger partial charge in [0.05, 0.1) is 0 Å². The van der Waals surface area contributed by atoms with Crippen molar-refractivity contribution in [2.24, 2.45) is 0 Å². The second-order valence-electron chi connectivity index (χ2n) is 4.30. The van der Waals surface area contributed by atoms with Crippen LogP contribution in [0.3, 0.4) is 0 Å². The molecule has 4 nitrogen and oxygen atoms in total. The van der Waals surface area contributed by atoms with Crippen molar-refractivity contribution in [2.45, 2.75) is 0 Å². The summed E-state index contributed by atoms with van der Waals surface area (Å²) in [5, 5.41) is 6.78. The highest BCUT2D eigenvalue weighted by atomic mass is 32.1. The summed E-state index contributed by atoms with van der Waals surface area (Å²) in [6.45, 7) is 1.16. The van der Waals surface area contributed by atoms with Gasteiger partial charge >= 0.3 is 0 Å². The molecule has 3 rings (SSSR count). The highest BCUT2D eigenvalue weighted by Gasteiger charge is 2.11. The molecule has 5 heteroatoms. The van der Waals surface area contributed by atoms with Crippen molar-refractivity contribution in [3.05, 3.63) is 48.5 Å². The molecule has 1 aliphatic rings. The molecule has 0 spiro atoms. The zero-order valence-electron chi connectivity index (χ0n) is 10.8. The van der Waals surface area contributed by atoms with E-state index in [0.29, 0.717) is 18.3 Å². The van der Waals surface area contributed by atoms with Crippen LogP contribution in [0, 0.1) is 0 Å². The Labute approximate surface area is 122 Å². The summed E-state index contributed by atoms with van der Waals surface area (Å²) in [5.41, 5.74) is 1.81. The zero-order chi connectivity index (χ0) is 13.8. The van der Waals surface area contributed by atoms with Gasteiger partial charge in [0.1, 0.15) is 13.2 Å². The van der Waals surface area contributed by atoms with Gasteiger partial charge in [0, 0.05) is 17.4 Å². The van der Waals surface area contributed by atoms with Crippen LogP contribution in [-0.2, 0) is 0 Å². The van der Waals surface area contributed by atoms with E-state index in [1.54, 1.807) is 0 Å². The summed E-state index contributed by atoms with van der Waals surface area (Å²) in [4.78, 5) is 0. The third-order valence-electron chi connectivity index (χ3n) is 2.83. The summed E-state index contributed by atoms with van der Waals surface area (Å²) in [7, 11) is 0. The molecule has 1 aliphatic heterocycles. The van der Waals surface area contributed by atoms with Crippen LogP contribution in [0.25, 0.3) is 0 Å². The van der Waals surface area contributed by atoms with Crippen LogP contribution < -0.4 is 20.1 Å². The fourth-order valence-electron chi connectivity index (χ4n) is 1.94. The third-order valence-corrected chi connectivity index (χ3v) is 3.04. The fraction of sp³-hybridized carbons (Fsp3) is 0.133. The molecular formula is C15H14N2O2S. The maximum atomic E-state index is 5.54. The number of anilines is 2. The molecule has 0 aliphatic carbocycles. The van der Waals surface area contributed by atoms with Crippen molar-refractivity contribution >= 4 is 28.7 Å². The molecule has 1 heterocycles. The highest BCUT2D eigenvalue weighted by molar-refractivity contribution is 7.80. The van der Waals surface area contributed by atoms with Gasteiger partial charge in [-0.15, -0.1) is 0 Å². The number of para-hydroxylation sites is 1. The summed E-state index contributed by atoms with van der Waals surface area (Å²) in [5.74, 6) is 1.51. The van der Waals surface area contributed by atoms with Gasteiger partial charge in [-0.2, -0.15) is 0 Å². The Morgan fingerprint density at radius 1 is 0.850 bits per heavy atom. The Morgan fingerprint density at radius 3 is 2.35 bits per heavy atom. The molecule has 2 aromatic carbocycles. The predicted octanol–water partition coefficient (Wildman–Crippen LogP) is 3.27. The predicted molar refractivity (Wildman–Crippen MR) is 83.7 cm³/mol. The van der Waals surface area contributed by atoms with Gasteiger partial charge in [0.25, 0.3) is 0 Å². The van der Waals surface area contributed by atoms with E-state index in [1.807, 2.05) is 48.5 Å². The Bertz CT molecular complexity index is 617. The molecule has 2 aromatic rings. The maximum absolute atomic E-state index is 5.54. The van der Waals surface area contributed by atoms with Gasteiger partial charge in [-0.25, -0.2) is 0 Å². The number of hydrogen-bond acceptors (Lipinski definition) is 3. The first-order valence-corrected chi connectivity index (χ1v) is 6.75. The topological polar surface area (TPSA) is 42.5 Å². The Morgan fingerprint density at radius 2 is 1.55 bits per heavy atom. The normalized spacial score (nSPS) is 12.6. The van der Waals surface area contributed by atoms with Gasteiger partial charge in [0.15, 0.2) is 16.6 Å². The van der Waals surface area contributed by atoms with Gasteiger partial charge < -0.3 is 20.1 Å². The first-order chi connectivity index (χ1) is 9.81. The molecule has 0 amide bonds. The Hall–Kier alpha value is -2.27. The third kappa shape index (κ3) is 3.00. The number of ether oxygens (including phenoxy) is 2. The molecule has 2 N–H and O–H groups in total. The van der Waals surface area contributed by atoms with E-state index in [0.717, 1.165) is 22.9 Å². The number of thiocarbonyl (C=S) groups is 1. The molecule has 102 valence electrons. The molecule has 0 radical (unpaired) electrons. The summed E-state index contributed by atoms with van der Waals surface area (Å²) in [6, 6.07) is 15.4. The highest BCUT2D eigenvalue weighted by Crippen LogP contribution is 2.32. The zero-order valence-corrected chi connectivity index (χ0v) is 11.6. The largest absolute Gasteiger partial charge is 0.486 e. The molecule has 0 fully saturated rings. The minimum absolute atomic E-state index is 0.535. The number of benzene rings is 2. The second kappa shape index (κ2) is 5.79. The molecule has 0 saturated carbocycles. The first kappa shape index (κ1) is 12.7. The van der Waals surface area contributed by atoms with Crippen LogP contribution in [0.5, 0.6) is 11.5 Å². The maximum Gasteiger partial charge on any atom is 0.175 e. The molecule has 0 atom stereocenters. The molecule has 0 bridgehead atoms. The Balaban J connectivity index is 1.67. The summed E-state index contributed by atoms with van der Waals surface area (Å²) in [6.07, 6.45) is 0. The van der Waals surface area contributed by atoms with Gasteiger partial charge in [-0.1, -0.05) is 18.2 Å². The van der Waals surface area contributed by atoms with E-state index in [2.05, 4.69) is 10.6 Å². The molecule has 0 saturated heterocycles. The van der Waals surface area contributed by atoms with Crippen LogP contribution in [0.2, 0.25) is 0 Å². The van der Waals surface area contributed by atoms with Crippen LogP contribution in [-0.4, -0.2) is 18.3 Å². The van der Waals surface area contributed by atoms with Crippen molar-refractivity contribution < 1.29 is 9.47 Å². The molecule has 0 unspecified atom stereocenters. The van der Waals surface area contributed by atoms with E-state index < -0.39 is 0 Å². The van der Waals surface area contributed by atoms with Crippen LogP contribution >= 0.6 is 12.2 Å². The summed E-state index contributed by atoms with van der Waals surface area (Å²) < 4.78 is 11.0. The first-order valence-electron chi connectivity index (χ1n) is 6.34. The monoisotopic (exact) mass is 286 g/mol. The minimum atomic E-state index is 0.535. The molecular weight excluding hydrogens is 272 g/mol. The van der Waals surface area contributed by atoms with E-state index in [1.165, 1.54) is 0 Å². The standard InChI is InChI=1S/C15H14N2O2S/c20-15(16-11-4-2-1-3-5-11)17-12-6-7-13-14(10-12)19-9-8-18-13/h1-7,10H,8-9H2,(H2,16,17,20). The van der Waals surface area contributed by atoms with Gasteiger partial charge in [-0.05, 0) is 36.5 Å². The van der Waals surface area contributed by atoms with E-state index in [-0.39, 0.29) is 0 Å². The summed E-state index contributed by atoms with van der Waals surface area (Å²) >= 11 is 5.28. The van der Waals surface area contributed by atoms with Crippen molar-refractivity contribution in [3.63, 3.8) is 0 Å². The minimum Gasteiger partial charge on any atom is -0.486 e. The van der Waals surface area contributed by atoms with E-state index in [9.17, 15) is 0 Å². The van der Waals surface area contributed by atoms with Crippen LogP contribution in [0.15, 0.2) is 48.5 Å². The van der Waals surface area contributed by atoms with Crippen molar-refractivity contribution in [2.75, 3.05) is 23.8 Å². The van der Waals surface area contributed by atoms with E-state index in [4.69, 9.17) is 21.7 Å². The lowest BCUT2D eigenvalue weighted by molar-refractivity contribution is 0.171. The van der Waals surface area contributed by atoms with Crippen molar-refractivity contribution in [3.8, 4) is 11.5 Å². The van der Waals surface area contributed by atoms with Crippen molar-refractivity contribution in [1.29, 1.82) is 0 Å². The quantitative estimate of drug-likeness (QED) is 0.829. The lowest BCUT2D eigenvalue weighted by Gasteiger charge is -2.19. The number of nitrogens with one attached hydrogen (secondary N) is 2. The number of hydrogen-bond donors (Lipinski definition) is 2. The number of rotatable bonds is 2. The molecule has 20 heavy (non-hydrogen) atoms. The SMILES string of the molecule is S=C(Nc1ccccc1)Nc1ccc2c(c1)OCCO2. The van der Waals surface area contributed by atoms with Gasteiger partial charge in [-0.3, -0.25) is 0 Å². The van der Waals surface area contributed by atoms with Gasteiger partial charge in [0.2, 0.25) is 0 Å². The Kier molecular flexibility index (Phi) is 3.69. The average Bonchev–Trinajstić information content (AvgIpc) is 2.48. The fourth-order valence-corrected chi connectivity index (χ4v) is 2.17. The lowest BCUT2D eigenvalue weighted by atomic mass is 10.2. The number of fused-ring (bicyclic) bond motifs is 1. The average molecular weight is 286 g/mol. The smallest absolute Gasteiger partial charge is 0.175 e. The van der Waals surface area contributed by atoms with Crippen LogP contribution in [0.1, 0.15) is 0 Å². The van der Waals surface area contributed by atoms with Crippen molar-refractivity contribution in [1.82, 2.24) is 0 Å². The molecule has 0 aromatic heterocycles. The second-order valence-corrected chi connectivity index (χ2v) is 4.71.